The molecule has 0 spiro atoms. The molecule has 1 aliphatic carbocycles. The van der Waals surface area contributed by atoms with Gasteiger partial charge >= 0.3 is 0 Å². The number of nitrogen functional groups attached to an aromatic ring is 1. The maximum atomic E-state index is 6.15. The van der Waals surface area contributed by atoms with Gasteiger partial charge in [-0.3, -0.25) is 0 Å². The van der Waals surface area contributed by atoms with Gasteiger partial charge in [-0.05, 0) is 40.3 Å². The molecule has 0 fully saturated rings. The lowest BCUT2D eigenvalue weighted by Gasteiger charge is -2.11. The van der Waals surface area contributed by atoms with Gasteiger partial charge in [0.2, 0.25) is 0 Å². The SMILES string of the molecule is Nc1ccccc1-c1cccc2c1Cc1ccccc1-2. The summed E-state index contributed by atoms with van der Waals surface area (Å²) in [4.78, 5) is 0. The van der Waals surface area contributed by atoms with E-state index >= 15 is 0 Å². The van der Waals surface area contributed by atoms with Crippen molar-refractivity contribution in [2.75, 3.05) is 5.73 Å². The van der Waals surface area contributed by atoms with Gasteiger partial charge < -0.3 is 5.73 Å². The highest BCUT2D eigenvalue weighted by molar-refractivity contribution is 5.88. The first-order valence-corrected chi connectivity index (χ1v) is 6.89. The van der Waals surface area contributed by atoms with Crippen molar-refractivity contribution < 1.29 is 0 Å². The van der Waals surface area contributed by atoms with Gasteiger partial charge in [0.1, 0.15) is 0 Å². The third kappa shape index (κ3) is 1.56. The highest BCUT2D eigenvalue weighted by atomic mass is 14.6. The minimum absolute atomic E-state index is 0.844. The lowest BCUT2D eigenvalue weighted by atomic mass is 9.95. The van der Waals surface area contributed by atoms with Crippen LogP contribution in [0.1, 0.15) is 11.1 Å². The Morgan fingerprint density at radius 1 is 0.600 bits per heavy atom. The van der Waals surface area contributed by atoms with Crippen LogP contribution in [0, 0.1) is 0 Å². The monoisotopic (exact) mass is 257 g/mol. The maximum Gasteiger partial charge on any atom is 0.0393 e. The average molecular weight is 257 g/mol. The fourth-order valence-electron chi connectivity index (χ4n) is 3.15. The number of anilines is 1. The largest absolute Gasteiger partial charge is 0.398 e. The average Bonchev–Trinajstić information content (AvgIpc) is 2.86. The summed E-state index contributed by atoms with van der Waals surface area (Å²) in [5.41, 5.74) is 14.9. The molecule has 0 aliphatic heterocycles. The van der Waals surface area contributed by atoms with E-state index in [0.29, 0.717) is 0 Å². The Labute approximate surface area is 118 Å². The van der Waals surface area contributed by atoms with Gasteiger partial charge in [0.15, 0.2) is 0 Å². The van der Waals surface area contributed by atoms with E-state index in [4.69, 9.17) is 5.73 Å². The Bertz CT molecular complexity index is 802. The van der Waals surface area contributed by atoms with Gasteiger partial charge in [0, 0.05) is 11.3 Å². The van der Waals surface area contributed by atoms with Gasteiger partial charge in [-0.2, -0.15) is 0 Å². The minimum atomic E-state index is 0.844. The standard InChI is InChI=1S/C19H15N/c20-19-11-4-3-8-17(19)16-10-5-9-15-14-7-2-1-6-13(14)12-18(15)16/h1-11H,12,20H2. The number of hydrogen-bond donors (Lipinski definition) is 1. The van der Waals surface area contributed by atoms with Crippen LogP contribution in [0.2, 0.25) is 0 Å². The van der Waals surface area contributed by atoms with Crippen molar-refractivity contribution in [3.05, 3.63) is 77.9 Å². The molecule has 0 aromatic heterocycles. The van der Waals surface area contributed by atoms with Crippen molar-refractivity contribution in [1.29, 1.82) is 0 Å². The predicted octanol–water partition coefficient (Wildman–Crippen LogP) is 4.51. The van der Waals surface area contributed by atoms with Crippen LogP contribution in [0.15, 0.2) is 66.7 Å². The van der Waals surface area contributed by atoms with E-state index in [1.165, 1.54) is 27.8 Å². The molecule has 1 nitrogen and oxygen atoms in total. The molecule has 0 amide bonds. The van der Waals surface area contributed by atoms with E-state index in [1.54, 1.807) is 0 Å². The fourth-order valence-corrected chi connectivity index (χ4v) is 3.15. The number of rotatable bonds is 1. The van der Waals surface area contributed by atoms with E-state index in [0.717, 1.165) is 17.7 Å². The number of benzene rings is 3. The van der Waals surface area contributed by atoms with Crippen molar-refractivity contribution in [1.82, 2.24) is 0 Å². The van der Waals surface area contributed by atoms with Crippen LogP contribution in [0.25, 0.3) is 22.3 Å². The van der Waals surface area contributed by atoms with Crippen LogP contribution < -0.4 is 5.73 Å². The summed E-state index contributed by atoms with van der Waals surface area (Å²) in [7, 11) is 0. The summed E-state index contributed by atoms with van der Waals surface area (Å²) in [5.74, 6) is 0. The third-order valence-corrected chi connectivity index (χ3v) is 4.10. The molecule has 0 bridgehead atoms. The zero-order chi connectivity index (χ0) is 13.5. The number of para-hydroxylation sites is 1. The van der Waals surface area contributed by atoms with E-state index < -0.39 is 0 Å². The Hall–Kier alpha value is -2.54. The normalized spacial score (nSPS) is 12.0. The van der Waals surface area contributed by atoms with Crippen molar-refractivity contribution in [3.63, 3.8) is 0 Å². The number of fused-ring (bicyclic) bond motifs is 3. The highest BCUT2D eigenvalue weighted by Gasteiger charge is 2.21. The summed E-state index contributed by atoms with van der Waals surface area (Å²) < 4.78 is 0. The van der Waals surface area contributed by atoms with Crippen molar-refractivity contribution in [2.45, 2.75) is 6.42 Å². The molecule has 3 aromatic rings. The molecule has 4 rings (SSSR count). The molecular formula is C19H15N. The molecule has 1 aliphatic rings. The second-order valence-electron chi connectivity index (χ2n) is 5.25. The van der Waals surface area contributed by atoms with Crippen molar-refractivity contribution in [3.8, 4) is 22.3 Å². The molecule has 96 valence electrons. The quantitative estimate of drug-likeness (QED) is 0.499. The van der Waals surface area contributed by atoms with Crippen LogP contribution in [-0.4, -0.2) is 0 Å². The van der Waals surface area contributed by atoms with Crippen LogP contribution >= 0.6 is 0 Å². The van der Waals surface area contributed by atoms with E-state index in [1.807, 2.05) is 18.2 Å². The molecule has 0 radical (unpaired) electrons. The molecule has 0 atom stereocenters. The second-order valence-corrected chi connectivity index (χ2v) is 5.25. The maximum absolute atomic E-state index is 6.15. The zero-order valence-electron chi connectivity index (χ0n) is 11.1. The second kappa shape index (κ2) is 4.24. The molecule has 0 heterocycles. The van der Waals surface area contributed by atoms with E-state index in [2.05, 4.69) is 48.5 Å². The zero-order valence-corrected chi connectivity index (χ0v) is 11.1. The molecule has 0 saturated carbocycles. The van der Waals surface area contributed by atoms with Crippen LogP contribution in [-0.2, 0) is 6.42 Å². The van der Waals surface area contributed by atoms with E-state index in [-0.39, 0.29) is 0 Å². The molecule has 3 aromatic carbocycles. The van der Waals surface area contributed by atoms with Gasteiger partial charge in [0.25, 0.3) is 0 Å². The summed E-state index contributed by atoms with van der Waals surface area (Å²) in [6, 6.07) is 23.3. The number of hydrogen-bond acceptors (Lipinski definition) is 1. The summed E-state index contributed by atoms with van der Waals surface area (Å²) in [6.45, 7) is 0. The lowest BCUT2D eigenvalue weighted by molar-refractivity contribution is 1.26. The van der Waals surface area contributed by atoms with Gasteiger partial charge in [-0.25, -0.2) is 0 Å². The van der Waals surface area contributed by atoms with Gasteiger partial charge in [-0.15, -0.1) is 0 Å². The third-order valence-electron chi connectivity index (χ3n) is 4.10. The van der Waals surface area contributed by atoms with Crippen LogP contribution in [0.4, 0.5) is 5.69 Å². The number of nitrogens with two attached hydrogens (primary N) is 1. The summed E-state index contributed by atoms with van der Waals surface area (Å²) in [6.07, 6.45) is 0.996. The lowest BCUT2D eigenvalue weighted by Crippen LogP contribution is -1.93. The first kappa shape index (κ1) is 11.3. The van der Waals surface area contributed by atoms with Crippen molar-refractivity contribution >= 4 is 5.69 Å². The smallest absolute Gasteiger partial charge is 0.0393 e. The van der Waals surface area contributed by atoms with Gasteiger partial charge in [0.05, 0.1) is 0 Å². The summed E-state index contributed by atoms with van der Waals surface area (Å²) >= 11 is 0. The van der Waals surface area contributed by atoms with E-state index in [9.17, 15) is 0 Å². The predicted molar refractivity (Wildman–Crippen MR) is 84.5 cm³/mol. The molecule has 0 saturated heterocycles. The fraction of sp³-hybridized carbons (Fsp3) is 0.0526. The Morgan fingerprint density at radius 2 is 1.20 bits per heavy atom. The Kier molecular flexibility index (Phi) is 2.40. The minimum Gasteiger partial charge on any atom is -0.398 e. The molecule has 0 unspecified atom stereocenters. The Balaban J connectivity index is 1.97. The van der Waals surface area contributed by atoms with Crippen LogP contribution in [0.5, 0.6) is 0 Å². The van der Waals surface area contributed by atoms with Crippen LogP contribution in [0.3, 0.4) is 0 Å². The van der Waals surface area contributed by atoms with Crippen molar-refractivity contribution in [2.24, 2.45) is 0 Å². The highest BCUT2D eigenvalue weighted by Crippen LogP contribution is 2.42. The summed E-state index contributed by atoms with van der Waals surface area (Å²) in [5, 5.41) is 0. The molecule has 20 heavy (non-hydrogen) atoms. The Morgan fingerprint density at radius 3 is 2.00 bits per heavy atom. The molecule has 2 N–H and O–H groups in total. The molecule has 1 heteroatoms. The first-order valence-electron chi connectivity index (χ1n) is 6.89. The molecular weight excluding hydrogens is 242 g/mol. The first-order chi connectivity index (χ1) is 9.84. The van der Waals surface area contributed by atoms with Gasteiger partial charge in [-0.1, -0.05) is 60.7 Å². The topological polar surface area (TPSA) is 26.0 Å².